The number of anilines is 1. The maximum absolute atomic E-state index is 12.4. The van der Waals surface area contributed by atoms with Gasteiger partial charge in [-0.2, -0.15) is 0 Å². The molecule has 0 aromatic carbocycles. The number of carbonyl (C=O) groups excluding carboxylic acids is 2. The molecule has 1 aromatic heterocycles. The van der Waals surface area contributed by atoms with E-state index in [-0.39, 0.29) is 18.5 Å². The van der Waals surface area contributed by atoms with Gasteiger partial charge in [-0.1, -0.05) is 12.8 Å². The highest BCUT2D eigenvalue weighted by atomic mass is 16.2. The van der Waals surface area contributed by atoms with Crippen LogP contribution < -0.4 is 16.6 Å². The molecule has 1 saturated carbocycles. The van der Waals surface area contributed by atoms with Crippen molar-refractivity contribution in [3.05, 3.63) is 18.1 Å². The highest BCUT2D eigenvalue weighted by Crippen LogP contribution is 2.35. The van der Waals surface area contributed by atoms with E-state index in [1.807, 2.05) is 0 Å². The number of hydrazine groups is 1. The highest BCUT2D eigenvalue weighted by molar-refractivity contribution is 6.07. The van der Waals surface area contributed by atoms with Gasteiger partial charge in [-0.25, -0.2) is 15.6 Å². The van der Waals surface area contributed by atoms with E-state index in [4.69, 9.17) is 5.84 Å². The van der Waals surface area contributed by atoms with Gasteiger partial charge in [0.2, 0.25) is 0 Å². The summed E-state index contributed by atoms with van der Waals surface area (Å²) in [7, 11) is 0. The minimum absolute atomic E-state index is 0.129. The Balaban J connectivity index is 1.76. The van der Waals surface area contributed by atoms with Crippen LogP contribution in [0.15, 0.2) is 12.4 Å². The van der Waals surface area contributed by atoms with Crippen molar-refractivity contribution in [2.75, 3.05) is 5.43 Å². The highest BCUT2D eigenvalue weighted by Gasteiger charge is 2.52. The quantitative estimate of drug-likeness (QED) is 0.411. The van der Waals surface area contributed by atoms with Gasteiger partial charge in [-0.05, 0) is 12.8 Å². The number of nitrogens with zero attached hydrogens (tertiary/aromatic N) is 3. The molecule has 8 nitrogen and oxygen atoms in total. The van der Waals surface area contributed by atoms with Crippen molar-refractivity contribution in [1.82, 2.24) is 20.2 Å². The number of nitrogens with two attached hydrogens (primary N) is 1. The van der Waals surface area contributed by atoms with Crippen molar-refractivity contribution >= 4 is 17.8 Å². The Kier molecular flexibility index (Phi) is 3.01. The lowest BCUT2D eigenvalue weighted by molar-refractivity contribution is -0.131. The molecular formula is C12H16N6O2. The SMILES string of the molecule is NNc1cnc(CN2C(=O)NC3(CCCC3)C2=O)cn1. The van der Waals surface area contributed by atoms with Crippen molar-refractivity contribution in [3.8, 4) is 0 Å². The number of hydrogen-bond donors (Lipinski definition) is 3. The molecule has 1 saturated heterocycles. The van der Waals surface area contributed by atoms with Crippen molar-refractivity contribution < 1.29 is 9.59 Å². The van der Waals surface area contributed by atoms with Gasteiger partial charge in [0, 0.05) is 0 Å². The second-order valence-corrected chi connectivity index (χ2v) is 5.15. The van der Waals surface area contributed by atoms with E-state index in [0.717, 1.165) is 25.7 Å². The Morgan fingerprint density at radius 1 is 1.30 bits per heavy atom. The van der Waals surface area contributed by atoms with E-state index in [0.29, 0.717) is 11.5 Å². The average Bonchev–Trinajstić information content (AvgIpc) is 3.01. The molecule has 2 heterocycles. The average molecular weight is 276 g/mol. The minimum atomic E-state index is -0.677. The molecule has 3 rings (SSSR count). The minimum Gasteiger partial charge on any atom is -0.323 e. The Labute approximate surface area is 115 Å². The molecule has 1 aromatic rings. The summed E-state index contributed by atoms with van der Waals surface area (Å²) < 4.78 is 0. The smallest absolute Gasteiger partial charge is 0.323 e. The van der Waals surface area contributed by atoms with E-state index >= 15 is 0 Å². The number of carbonyl (C=O) groups is 2. The number of imide groups is 1. The van der Waals surface area contributed by atoms with Crippen LogP contribution in [-0.4, -0.2) is 32.3 Å². The molecule has 0 atom stereocenters. The van der Waals surface area contributed by atoms with Crippen LogP contribution in [0.3, 0.4) is 0 Å². The zero-order valence-electron chi connectivity index (χ0n) is 10.9. The van der Waals surface area contributed by atoms with Crippen LogP contribution in [0.5, 0.6) is 0 Å². The number of nitrogen functional groups attached to an aromatic ring is 1. The predicted molar refractivity (Wildman–Crippen MR) is 70.1 cm³/mol. The molecule has 0 unspecified atom stereocenters. The van der Waals surface area contributed by atoms with Crippen LogP contribution in [0.4, 0.5) is 10.6 Å². The zero-order valence-corrected chi connectivity index (χ0v) is 10.9. The van der Waals surface area contributed by atoms with E-state index < -0.39 is 5.54 Å². The number of amides is 3. The van der Waals surface area contributed by atoms with Crippen LogP contribution in [0.2, 0.25) is 0 Å². The maximum atomic E-state index is 12.4. The number of rotatable bonds is 3. The second kappa shape index (κ2) is 4.71. The van der Waals surface area contributed by atoms with E-state index in [2.05, 4.69) is 20.7 Å². The Morgan fingerprint density at radius 3 is 2.65 bits per heavy atom. The molecule has 0 radical (unpaired) electrons. The third-order valence-electron chi connectivity index (χ3n) is 3.88. The van der Waals surface area contributed by atoms with Gasteiger partial charge >= 0.3 is 6.03 Å². The largest absolute Gasteiger partial charge is 0.325 e. The molecule has 106 valence electrons. The third-order valence-corrected chi connectivity index (χ3v) is 3.88. The van der Waals surface area contributed by atoms with Gasteiger partial charge in [-0.15, -0.1) is 0 Å². The van der Waals surface area contributed by atoms with Crippen LogP contribution in [0.1, 0.15) is 31.4 Å². The van der Waals surface area contributed by atoms with Gasteiger partial charge in [-0.3, -0.25) is 14.7 Å². The van der Waals surface area contributed by atoms with E-state index in [1.54, 1.807) is 0 Å². The third kappa shape index (κ3) is 1.97. The second-order valence-electron chi connectivity index (χ2n) is 5.15. The Hall–Kier alpha value is -2.22. The fraction of sp³-hybridized carbons (Fsp3) is 0.500. The van der Waals surface area contributed by atoms with Gasteiger partial charge in [0.15, 0.2) is 5.82 Å². The molecule has 3 amide bonds. The number of hydrogen-bond acceptors (Lipinski definition) is 6. The standard InChI is InChI=1S/C12H16N6O2/c13-17-9-6-14-8(5-15-9)7-18-10(19)12(16-11(18)20)3-1-2-4-12/h5-6H,1-4,7,13H2,(H,15,17)(H,16,20). The van der Waals surface area contributed by atoms with Crippen molar-refractivity contribution in [3.63, 3.8) is 0 Å². The van der Waals surface area contributed by atoms with Crippen LogP contribution in [0.25, 0.3) is 0 Å². The fourth-order valence-corrected chi connectivity index (χ4v) is 2.81. The van der Waals surface area contributed by atoms with Gasteiger partial charge in [0.1, 0.15) is 5.54 Å². The topological polar surface area (TPSA) is 113 Å². The molecule has 8 heteroatoms. The van der Waals surface area contributed by atoms with Crippen molar-refractivity contribution in [1.29, 1.82) is 0 Å². The van der Waals surface area contributed by atoms with Gasteiger partial charge < -0.3 is 10.7 Å². The summed E-state index contributed by atoms with van der Waals surface area (Å²) in [5.74, 6) is 5.48. The summed E-state index contributed by atoms with van der Waals surface area (Å²) in [6.07, 6.45) is 6.33. The molecule has 20 heavy (non-hydrogen) atoms. The normalized spacial score (nSPS) is 20.6. The maximum Gasteiger partial charge on any atom is 0.325 e. The molecule has 1 spiro atoms. The van der Waals surface area contributed by atoms with Crippen molar-refractivity contribution in [2.45, 2.75) is 37.8 Å². The lowest BCUT2D eigenvalue weighted by atomic mass is 9.98. The first-order valence-corrected chi connectivity index (χ1v) is 6.56. The Morgan fingerprint density at radius 2 is 2.05 bits per heavy atom. The number of urea groups is 1. The van der Waals surface area contributed by atoms with E-state index in [1.165, 1.54) is 17.3 Å². The van der Waals surface area contributed by atoms with Crippen molar-refractivity contribution in [2.24, 2.45) is 5.84 Å². The number of aromatic nitrogens is 2. The lowest BCUT2D eigenvalue weighted by Gasteiger charge is -2.19. The molecule has 1 aliphatic heterocycles. The fourth-order valence-electron chi connectivity index (χ4n) is 2.81. The monoisotopic (exact) mass is 276 g/mol. The summed E-state index contributed by atoms with van der Waals surface area (Å²) >= 11 is 0. The molecular weight excluding hydrogens is 260 g/mol. The van der Waals surface area contributed by atoms with Gasteiger partial charge in [0.25, 0.3) is 5.91 Å². The van der Waals surface area contributed by atoms with Crippen LogP contribution in [-0.2, 0) is 11.3 Å². The molecule has 1 aliphatic carbocycles. The zero-order chi connectivity index (χ0) is 14.2. The number of nitrogens with one attached hydrogen (secondary N) is 2. The summed E-state index contributed by atoms with van der Waals surface area (Å²) in [5, 5.41) is 2.83. The van der Waals surface area contributed by atoms with Crippen LogP contribution >= 0.6 is 0 Å². The molecule has 0 bridgehead atoms. The van der Waals surface area contributed by atoms with Gasteiger partial charge in [0.05, 0.1) is 24.6 Å². The summed E-state index contributed by atoms with van der Waals surface area (Å²) in [4.78, 5) is 33.8. The first-order chi connectivity index (χ1) is 9.64. The first-order valence-electron chi connectivity index (χ1n) is 6.56. The summed E-state index contributed by atoms with van der Waals surface area (Å²) in [6, 6.07) is -0.347. The van der Waals surface area contributed by atoms with E-state index in [9.17, 15) is 9.59 Å². The predicted octanol–water partition coefficient (Wildman–Crippen LogP) is 0.127. The summed E-state index contributed by atoms with van der Waals surface area (Å²) in [5.41, 5.74) is 2.24. The van der Waals surface area contributed by atoms with Crippen LogP contribution in [0, 0.1) is 0 Å². The lowest BCUT2D eigenvalue weighted by Crippen LogP contribution is -2.44. The first kappa shape index (κ1) is 12.8. The summed E-state index contributed by atoms with van der Waals surface area (Å²) in [6.45, 7) is 0.129. The molecule has 4 N–H and O–H groups in total. The molecule has 2 fully saturated rings. The molecule has 2 aliphatic rings. The Bertz CT molecular complexity index is 537.